The molecular weight excluding hydrogens is 411 g/mol. The van der Waals surface area contributed by atoms with Crippen molar-refractivity contribution < 1.29 is 27.4 Å². The van der Waals surface area contributed by atoms with Gasteiger partial charge in [-0.05, 0) is 30.7 Å². The zero-order valence-corrected chi connectivity index (χ0v) is 16.8. The fourth-order valence-corrected chi connectivity index (χ4v) is 3.81. The number of carbonyl (C=O) groups excluding carboxylic acids is 1. The molecule has 1 unspecified atom stereocenters. The molecule has 9 heteroatoms. The third kappa shape index (κ3) is 4.08. The quantitative estimate of drug-likeness (QED) is 0.609. The van der Waals surface area contributed by atoms with Gasteiger partial charge in [0.2, 0.25) is 5.91 Å². The fourth-order valence-electron chi connectivity index (χ4n) is 3.81. The van der Waals surface area contributed by atoms with Gasteiger partial charge in [-0.3, -0.25) is 9.89 Å². The van der Waals surface area contributed by atoms with E-state index in [1.807, 2.05) is 6.92 Å². The van der Waals surface area contributed by atoms with Gasteiger partial charge in [0.25, 0.3) is 0 Å². The molecule has 3 aromatic rings. The number of aromatic amines is 1. The molecule has 1 amide bonds. The minimum Gasteiger partial charge on any atom is -0.493 e. The molecule has 0 bridgehead atoms. The number of hydrogen-bond acceptors (Lipinski definition) is 4. The van der Waals surface area contributed by atoms with E-state index in [4.69, 9.17) is 9.47 Å². The average Bonchev–Trinajstić information content (AvgIpc) is 3.11. The van der Waals surface area contributed by atoms with Gasteiger partial charge in [-0.2, -0.15) is 18.3 Å². The van der Waals surface area contributed by atoms with Crippen molar-refractivity contribution in [2.45, 2.75) is 32.0 Å². The number of anilines is 1. The molecule has 0 fully saturated rings. The molecule has 2 heterocycles. The van der Waals surface area contributed by atoms with Crippen molar-refractivity contribution in [1.82, 2.24) is 10.2 Å². The lowest BCUT2D eigenvalue weighted by atomic mass is 9.85. The first-order valence-electron chi connectivity index (χ1n) is 9.58. The minimum absolute atomic E-state index is 0.0312. The standard InChI is InChI=1S/C22H20F3N3O3/c1-12-20-15(10-19(29)26-21(20)28-27-12)13-7-8-17(18(9-13)30-2)31-11-14-5-3-4-6-16(14)22(23,24)25/h3-9,15H,10-11H2,1-2H3,(H2,26,27,28,29). The molecule has 162 valence electrons. The minimum atomic E-state index is -4.46. The number of benzene rings is 2. The number of amides is 1. The molecule has 1 aromatic heterocycles. The van der Waals surface area contributed by atoms with Gasteiger partial charge >= 0.3 is 6.18 Å². The van der Waals surface area contributed by atoms with E-state index in [1.54, 1.807) is 18.2 Å². The molecule has 4 rings (SSSR count). The smallest absolute Gasteiger partial charge is 0.416 e. The van der Waals surface area contributed by atoms with E-state index in [2.05, 4.69) is 15.5 Å². The van der Waals surface area contributed by atoms with E-state index in [1.165, 1.54) is 25.3 Å². The van der Waals surface area contributed by atoms with Crippen LogP contribution in [0.4, 0.5) is 19.0 Å². The number of aryl methyl sites for hydroxylation is 1. The summed E-state index contributed by atoms with van der Waals surface area (Å²) in [6, 6.07) is 10.5. The molecule has 1 aliphatic rings. The summed E-state index contributed by atoms with van der Waals surface area (Å²) in [7, 11) is 1.46. The molecule has 31 heavy (non-hydrogen) atoms. The first kappa shape index (κ1) is 20.8. The molecule has 0 saturated carbocycles. The monoisotopic (exact) mass is 431 g/mol. The van der Waals surface area contributed by atoms with Crippen LogP contribution in [0.2, 0.25) is 0 Å². The number of methoxy groups -OCH3 is 1. The number of hydrogen-bond donors (Lipinski definition) is 2. The number of aromatic nitrogens is 2. The third-order valence-electron chi connectivity index (χ3n) is 5.29. The van der Waals surface area contributed by atoms with Crippen molar-refractivity contribution in [2.75, 3.05) is 12.4 Å². The maximum Gasteiger partial charge on any atom is 0.416 e. The predicted octanol–water partition coefficient (Wildman–Crippen LogP) is 4.80. The Bertz CT molecular complexity index is 1120. The molecule has 1 atom stereocenters. The summed E-state index contributed by atoms with van der Waals surface area (Å²) >= 11 is 0. The Hall–Kier alpha value is -3.49. The number of carbonyl (C=O) groups is 1. The highest BCUT2D eigenvalue weighted by atomic mass is 19.4. The Labute approximate surface area is 176 Å². The fraction of sp³-hybridized carbons (Fsp3) is 0.273. The van der Waals surface area contributed by atoms with E-state index >= 15 is 0 Å². The number of fused-ring (bicyclic) bond motifs is 1. The lowest BCUT2D eigenvalue weighted by Gasteiger charge is -2.24. The summed E-state index contributed by atoms with van der Waals surface area (Å²) < 4.78 is 50.7. The van der Waals surface area contributed by atoms with E-state index in [0.29, 0.717) is 17.3 Å². The Kier molecular flexibility index (Phi) is 5.34. The van der Waals surface area contributed by atoms with Gasteiger partial charge in [0.15, 0.2) is 17.3 Å². The van der Waals surface area contributed by atoms with Crippen molar-refractivity contribution in [3.05, 3.63) is 70.4 Å². The van der Waals surface area contributed by atoms with Crippen molar-refractivity contribution in [1.29, 1.82) is 0 Å². The van der Waals surface area contributed by atoms with Gasteiger partial charge in [-0.1, -0.05) is 24.3 Å². The van der Waals surface area contributed by atoms with Crippen molar-refractivity contribution >= 4 is 11.7 Å². The number of H-pyrrole nitrogens is 1. The second-order valence-corrected chi connectivity index (χ2v) is 7.27. The highest BCUT2D eigenvalue weighted by Crippen LogP contribution is 2.41. The van der Waals surface area contributed by atoms with E-state index < -0.39 is 11.7 Å². The third-order valence-corrected chi connectivity index (χ3v) is 5.29. The SMILES string of the molecule is COc1cc(C2CC(=O)Nc3n[nH]c(C)c32)ccc1OCc1ccccc1C(F)(F)F. The van der Waals surface area contributed by atoms with Gasteiger partial charge in [0.1, 0.15) is 6.61 Å². The highest BCUT2D eigenvalue weighted by molar-refractivity contribution is 5.94. The first-order valence-corrected chi connectivity index (χ1v) is 9.58. The molecule has 2 N–H and O–H groups in total. The van der Waals surface area contributed by atoms with Crippen LogP contribution in [0.1, 0.15) is 40.3 Å². The van der Waals surface area contributed by atoms with Crippen molar-refractivity contribution in [3.8, 4) is 11.5 Å². The molecule has 6 nitrogen and oxygen atoms in total. The molecule has 0 radical (unpaired) electrons. The number of ether oxygens (including phenoxy) is 2. The van der Waals surface area contributed by atoms with E-state index in [0.717, 1.165) is 22.9 Å². The molecular formula is C22H20F3N3O3. The summed E-state index contributed by atoms with van der Waals surface area (Å²) in [5, 5.41) is 9.76. The molecule has 0 saturated heterocycles. The van der Waals surface area contributed by atoms with Crippen LogP contribution in [0.25, 0.3) is 0 Å². The van der Waals surface area contributed by atoms with Crippen LogP contribution in [-0.2, 0) is 17.6 Å². The maximum atomic E-state index is 13.2. The first-order chi connectivity index (χ1) is 14.8. The second-order valence-electron chi connectivity index (χ2n) is 7.27. The topological polar surface area (TPSA) is 76.2 Å². The Morgan fingerprint density at radius 2 is 1.94 bits per heavy atom. The van der Waals surface area contributed by atoms with Crippen LogP contribution in [0.3, 0.4) is 0 Å². The summed E-state index contributed by atoms with van der Waals surface area (Å²) in [5.41, 5.74) is 1.86. The van der Waals surface area contributed by atoms with Gasteiger partial charge in [0, 0.05) is 29.2 Å². The van der Waals surface area contributed by atoms with Crippen LogP contribution < -0.4 is 14.8 Å². The van der Waals surface area contributed by atoms with Gasteiger partial charge < -0.3 is 14.8 Å². The maximum absolute atomic E-state index is 13.2. The predicted molar refractivity (Wildman–Crippen MR) is 107 cm³/mol. The Morgan fingerprint density at radius 1 is 1.16 bits per heavy atom. The second kappa shape index (κ2) is 7.98. The Morgan fingerprint density at radius 3 is 2.68 bits per heavy atom. The summed E-state index contributed by atoms with van der Waals surface area (Å²) in [4.78, 5) is 12.1. The highest BCUT2D eigenvalue weighted by Gasteiger charge is 2.33. The normalized spacial score (nSPS) is 15.9. The zero-order valence-electron chi connectivity index (χ0n) is 16.8. The summed E-state index contributed by atoms with van der Waals surface area (Å²) in [5.74, 6) is 0.813. The largest absolute Gasteiger partial charge is 0.493 e. The number of halogens is 3. The molecule has 0 aliphatic carbocycles. The van der Waals surface area contributed by atoms with Gasteiger partial charge in [-0.25, -0.2) is 0 Å². The average molecular weight is 431 g/mol. The van der Waals surface area contributed by atoms with E-state index in [-0.39, 0.29) is 30.4 Å². The van der Waals surface area contributed by atoms with Crippen LogP contribution in [-0.4, -0.2) is 23.2 Å². The summed E-state index contributed by atoms with van der Waals surface area (Å²) in [6.45, 7) is 1.62. The summed E-state index contributed by atoms with van der Waals surface area (Å²) in [6.07, 6.45) is -4.22. The molecule has 2 aromatic carbocycles. The Balaban J connectivity index is 1.61. The number of alkyl halides is 3. The van der Waals surface area contributed by atoms with Crippen LogP contribution in [0, 0.1) is 6.92 Å². The van der Waals surface area contributed by atoms with Crippen molar-refractivity contribution in [2.24, 2.45) is 0 Å². The number of nitrogens with zero attached hydrogens (tertiary/aromatic N) is 1. The number of nitrogens with one attached hydrogen (secondary N) is 2. The number of rotatable bonds is 5. The molecule has 0 spiro atoms. The van der Waals surface area contributed by atoms with Gasteiger partial charge in [-0.15, -0.1) is 0 Å². The van der Waals surface area contributed by atoms with Crippen LogP contribution >= 0.6 is 0 Å². The van der Waals surface area contributed by atoms with Crippen molar-refractivity contribution in [3.63, 3.8) is 0 Å². The van der Waals surface area contributed by atoms with Gasteiger partial charge in [0.05, 0.1) is 12.7 Å². The lowest BCUT2D eigenvalue weighted by Crippen LogP contribution is -2.23. The van der Waals surface area contributed by atoms with Crippen LogP contribution in [0.5, 0.6) is 11.5 Å². The van der Waals surface area contributed by atoms with E-state index in [9.17, 15) is 18.0 Å². The van der Waals surface area contributed by atoms with Crippen LogP contribution in [0.15, 0.2) is 42.5 Å². The zero-order chi connectivity index (χ0) is 22.2. The lowest BCUT2D eigenvalue weighted by molar-refractivity contribution is -0.138. The molecule has 1 aliphatic heterocycles.